The minimum Gasteiger partial charge on any atom is -0.350 e. The Morgan fingerprint density at radius 3 is 2.42 bits per heavy atom. The Kier molecular flexibility index (Phi) is 5.59. The molecule has 132 valence electrons. The van der Waals surface area contributed by atoms with Crippen molar-refractivity contribution < 1.29 is 9.18 Å². The molecule has 1 N–H and O–H groups in total. The first-order valence-electron chi connectivity index (χ1n) is 8.41. The molecule has 26 heavy (non-hydrogen) atoms. The molecule has 0 radical (unpaired) electrons. The van der Waals surface area contributed by atoms with Crippen LogP contribution in [0, 0.1) is 5.82 Å². The highest BCUT2D eigenvalue weighted by molar-refractivity contribution is 5.92. The average molecular weight is 349 g/mol. The molecular weight excluding hydrogens is 329 g/mol. The van der Waals surface area contributed by atoms with Crippen LogP contribution < -0.4 is 10.2 Å². The van der Waals surface area contributed by atoms with E-state index in [1.54, 1.807) is 30.5 Å². The van der Waals surface area contributed by atoms with Crippen molar-refractivity contribution in [3.63, 3.8) is 0 Å². The number of rotatable bonds is 6. The predicted molar refractivity (Wildman–Crippen MR) is 101 cm³/mol. The van der Waals surface area contributed by atoms with Crippen LogP contribution >= 0.6 is 0 Å². The van der Waals surface area contributed by atoms with Crippen molar-refractivity contribution in [1.82, 2.24) is 10.3 Å². The van der Waals surface area contributed by atoms with Gasteiger partial charge in [-0.25, -0.2) is 9.37 Å². The first-order chi connectivity index (χ1) is 12.6. The SMILES string of the molecule is CN(c1ccccc1)c1ccc(C(=O)NCCc2ccccc2F)nc1. The Hall–Kier alpha value is -3.21. The van der Waals surface area contributed by atoms with Crippen molar-refractivity contribution in [3.05, 3.63) is 90.0 Å². The van der Waals surface area contributed by atoms with E-state index in [9.17, 15) is 9.18 Å². The molecule has 1 heterocycles. The lowest BCUT2D eigenvalue weighted by atomic mass is 10.1. The van der Waals surface area contributed by atoms with Gasteiger partial charge in [0, 0.05) is 19.3 Å². The molecule has 2 aromatic carbocycles. The maximum Gasteiger partial charge on any atom is 0.269 e. The van der Waals surface area contributed by atoms with E-state index in [4.69, 9.17) is 0 Å². The topological polar surface area (TPSA) is 45.2 Å². The fraction of sp³-hybridized carbons (Fsp3) is 0.143. The van der Waals surface area contributed by atoms with Crippen LogP contribution in [0.2, 0.25) is 0 Å². The largest absolute Gasteiger partial charge is 0.350 e. The summed E-state index contributed by atoms with van der Waals surface area (Å²) in [7, 11) is 1.94. The second-order valence-electron chi connectivity index (χ2n) is 5.89. The molecule has 5 heteroatoms. The van der Waals surface area contributed by atoms with Gasteiger partial charge in [0.15, 0.2) is 0 Å². The minimum atomic E-state index is -0.268. The number of carbonyl (C=O) groups excluding carboxylic acids is 1. The quantitative estimate of drug-likeness (QED) is 0.733. The molecular formula is C21H20FN3O. The predicted octanol–water partition coefficient (Wildman–Crippen LogP) is 3.96. The fourth-order valence-electron chi connectivity index (χ4n) is 2.62. The molecule has 0 aliphatic heterocycles. The van der Waals surface area contributed by atoms with Gasteiger partial charge in [0.1, 0.15) is 11.5 Å². The number of carbonyl (C=O) groups is 1. The summed E-state index contributed by atoms with van der Waals surface area (Å²) in [6, 6.07) is 20.0. The molecule has 0 atom stereocenters. The average Bonchev–Trinajstić information content (AvgIpc) is 2.69. The third kappa shape index (κ3) is 4.25. The number of benzene rings is 2. The third-order valence-corrected chi connectivity index (χ3v) is 4.15. The standard InChI is InChI=1S/C21H20FN3O/c1-25(17-8-3-2-4-9-17)18-11-12-20(24-15-18)21(26)23-14-13-16-7-5-6-10-19(16)22/h2-12,15H,13-14H2,1H3,(H,23,26). The van der Waals surface area contributed by atoms with Crippen LogP contribution in [-0.4, -0.2) is 24.5 Å². The zero-order chi connectivity index (χ0) is 18.4. The summed E-state index contributed by atoms with van der Waals surface area (Å²) in [5, 5.41) is 2.77. The van der Waals surface area contributed by atoms with Gasteiger partial charge in [0.2, 0.25) is 0 Å². The highest BCUT2D eigenvalue weighted by Gasteiger charge is 2.09. The van der Waals surface area contributed by atoms with Crippen LogP contribution in [0.3, 0.4) is 0 Å². The summed E-state index contributed by atoms with van der Waals surface area (Å²) in [6.07, 6.45) is 2.10. The lowest BCUT2D eigenvalue weighted by Crippen LogP contribution is -2.26. The molecule has 0 spiro atoms. The molecule has 4 nitrogen and oxygen atoms in total. The van der Waals surface area contributed by atoms with Gasteiger partial charge in [-0.3, -0.25) is 4.79 Å². The van der Waals surface area contributed by atoms with Crippen LogP contribution in [-0.2, 0) is 6.42 Å². The van der Waals surface area contributed by atoms with Gasteiger partial charge in [-0.1, -0.05) is 36.4 Å². The zero-order valence-corrected chi connectivity index (χ0v) is 14.5. The van der Waals surface area contributed by atoms with Gasteiger partial charge in [0.05, 0.1) is 11.9 Å². The molecule has 3 rings (SSSR count). The van der Waals surface area contributed by atoms with Crippen molar-refractivity contribution in [1.29, 1.82) is 0 Å². The maximum absolute atomic E-state index is 13.6. The monoisotopic (exact) mass is 349 g/mol. The Morgan fingerprint density at radius 1 is 1.00 bits per heavy atom. The van der Waals surface area contributed by atoms with Crippen molar-refractivity contribution in [3.8, 4) is 0 Å². The second kappa shape index (κ2) is 8.25. The van der Waals surface area contributed by atoms with Gasteiger partial charge < -0.3 is 10.2 Å². The van der Waals surface area contributed by atoms with Crippen LogP contribution in [0.1, 0.15) is 16.1 Å². The van der Waals surface area contributed by atoms with Crippen LogP contribution in [0.5, 0.6) is 0 Å². The highest BCUT2D eigenvalue weighted by Crippen LogP contribution is 2.22. The van der Waals surface area contributed by atoms with Crippen molar-refractivity contribution in [2.45, 2.75) is 6.42 Å². The lowest BCUT2D eigenvalue weighted by Gasteiger charge is -2.19. The van der Waals surface area contributed by atoms with E-state index in [2.05, 4.69) is 10.3 Å². The Labute approximate surface area is 152 Å². The van der Waals surface area contributed by atoms with Crippen LogP contribution in [0.25, 0.3) is 0 Å². The summed E-state index contributed by atoms with van der Waals surface area (Å²) in [5.41, 5.74) is 2.85. The van der Waals surface area contributed by atoms with E-state index in [-0.39, 0.29) is 11.7 Å². The number of nitrogens with zero attached hydrogens (tertiary/aromatic N) is 2. The van der Waals surface area contributed by atoms with Gasteiger partial charge in [0.25, 0.3) is 5.91 Å². The minimum absolute atomic E-state index is 0.256. The summed E-state index contributed by atoms with van der Waals surface area (Å²) in [5.74, 6) is -0.525. The number of anilines is 2. The van der Waals surface area contributed by atoms with Crippen LogP contribution in [0.15, 0.2) is 72.9 Å². The van der Waals surface area contributed by atoms with Gasteiger partial charge in [-0.05, 0) is 42.3 Å². The summed E-state index contributed by atoms with van der Waals surface area (Å²) in [6.45, 7) is 0.354. The molecule has 0 bridgehead atoms. The normalized spacial score (nSPS) is 10.4. The third-order valence-electron chi connectivity index (χ3n) is 4.15. The van der Waals surface area contributed by atoms with Gasteiger partial charge in [-0.2, -0.15) is 0 Å². The summed E-state index contributed by atoms with van der Waals surface area (Å²) >= 11 is 0. The molecule has 0 unspecified atom stereocenters. The summed E-state index contributed by atoms with van der Waals surface area (Å²) < 4.78 is 13.6. The van der Waals surface area contributed by atoms with Crippen LogP contribution in [0.4, 0.5) is 15.8 Å². The number of halogens is 1. The van der Waals surface area contributed by atoms with E-state index in [1.165, 1.54) is 6.07 Å². The second-order valence-corrected chi connectivity index (χ2v) is 5.89. The molecule has 1 aromatic heterocycles. The number of para-hydroxylation sites is 1. The Morgan fingerprint density at radius 2 is 1.73 bits per heavy atom. The smallest absolute Gasteiger partial charge is 0.269 e. The number of pyridine rings is 1. The van der Waals surface area contributed by atoms with Crippen molar-refractivity contribution in [2.75, 3.05) is 18.5 Å². The van der Waals surface area contributed by atoms with E-state index < -0.39 is 0 Å². The summed E-state index contributed by atoms with van der Waals surface area (Å²) in [4.78, 5) is 18.4. The molecule has 0 fully saturated rings. The first-order valence-corrected chi connectivity index (χ1v) is 8.41. The number of amides is 1. The molecule has 3 aromatic rings. The lowest BCUT2D eigenvalue weighted by molar-refractivity contribution is 0.0949. The highest BCUT2D eigenvalue weighted by atomic mass is 19.1. The number of hydrogen-bond donors (Lipinski definition) is 1. The van der Waals surface area contributed by atoms with Crippen molar-refractivity contribution >= 4 is 17.3 Å². The number of aromatic nitrogens is 1. The number of nitrogens with one attached hydrogen (secondary N) is 1. The Bertz CT molecular complexity index is 866. The Balaban J connectivity index is 1.58. The van der Waals surface area contributed by atoms with E-state index in [0.717, 1.165) is 11.4 Å². The van der Waals surface area contributed by atoms with Crippen molar-refractivity contribution in [2.24, 2.45) is 0 Å². The molecule has 0 saturated heterocycles. The first kappa shape index (κ1) is 17.6. The van der Waals surface area contributed by atoms with E-state index in [0.29, 0.717) is 24.2 Å². The molecule has 1 amide bonds. The van der Waals surface area contributed by atoms with E-state index >= 15 is 0 Å². The van der Waals surface area contributed by atoms with E-state index in [1.807, 2.05) is 48.3 Å². The molecule has 0 saturated carbocycles. The zero-order valence-electron chi connectivity index (χ0n) is 14.5. The fourth-order valence-corrected chi connectivity index (χ4v) is 2.62. The molecule has 0 aliphatic rings. The van der Waals surface area contributed by atoms with Gasteiger partial charge in [-0.15, -0.1) is 0 Å². The molecule has 0 aliphatic carbocycles. The number of hydrogen-bond acceptors (Lipinski definition) is 3. The maximum atomic E-state index is 13.6. The van der Waals surface area contributed by atoms with Gasteiger partial charge >= 0.3 is 0 Å².